The van der Waals surface area contributed by atoms with Gasteiger partial charge >= 0.3 is 0 Å². The Bertz CT molecular complexity index is 551. The zero-order valence-electron chi connectivity index (χ0n) is 9.21. The molecule has 0 aliphatic heterocycles. The molecule has 0 saturated heterocycles. The van der Waals surface area contributed by atoms with Crippen LogP contribution in [0.5, 0.6) is 0 Å². The van der Waals surface area contributed by atoms with Crippen molar-refractivity contribution in [3.8, 4) is 0 Å². The van der Waals surface area contributed by atoms with E-state index in [-0.39, 0.29) is 11.7 Å². The molecule has 17 heavy (non-hydrogen) atoms. The van der Waals surface area contributed by atoms with Gasteiger partial charge in [0, 0.05) is 24.7 Å². The summed E-state index contributed by atoms with van der Waals surface area (Å²) < 4.78 is 5.37. The van der Waals surface area contributed by atoms with Crippen LogP contribution < -0.4 is 11.1 Å². The topological polar surface area (TPSA) is 107 Å². The molecule has 0 saturated carbocycles. The Labute approximate surface area is 96.8 Å². The molecule has 0 radical (unpaired) electrons. The lowest BCUT2D eigenvalue weighted by molar-refractivity contribution is -0.384. The van der Waals surface area contributed by atoms with E-state index in [4.69, 9.17) is 10.2 Å². The lowest BCUT2D eigenvalue weighted by Crippen LogP contribution is -2.25. The minimum Gasteiger partial charge on any atom is -0.424 e. The average molecular weight is 236 g/mol. The number of non-ortho nitro benzene ring substituents is 1. The maximum Gasteiger partial charge on any atom is 0.295 e. The molecule has 0 amide bonds. The molecule has 3 N–H and O–H groups in total. The van der Waals surface area contributed by atoms with Gasteiger partial charge in [-0.2, -0.15) is 4.98 Å². The van der Waals surface area contributed by atoms with Crippen molar-refractivity contribution in [2.24, 2.45) is 5.73 Å². The molecule has 0 aliphatic rings. The van der Waals surface area contributed by atoms with Gasteiger partial charge in [-0.3, -0.25) is 10.1 Å². The van der Waals surface area contributed by atoms with Crippen molar-refractivity contribution in [2.75, 3.05) is 11.9 Å². The molecule has 1 atom stereocenters. The third-order valence-corrected chi connectivity index (χ3v) is 2.31. The highest BCUT2D eigenvalue weighted by Crippen LogP contribution is 2.23. The summed E-state index contributed by atoms with van der Waals surface area (Å²) in [4.78, 5) is 14.2. The average Bonchev–Trinajstić information content (AvgIpc) is 2.69. The molecule has 1 unspecified atom stereocenters. The highest BCUT2D eigenvalue weighted by atomic mass is 16.6. The Kier molecular flexibility index (Phi) is 2.92. The second-order valence-electron chi connectivity index (χ2n) is 3.71. The molecule has 90 valence electrons. The molecule has 7 heteroatoms. The van der Waals surface area contributed by atoms with E-state index in [2.05, 4.69) is 10.3 Å². The highest BCUT2D eigenvalue weighted by molar-refractivity contribution is 5.77. The number of nitro groups is 1. The standard InChI is InChI=1S/C10H12N4O3/c1-6(5-11)12-10-13-8-4-7(14(15)16)2-3-9(8)17-10/h2-4,6H,5,11H2,1H3,(H,12,13). The minimum absolute atomic E-state index is 0.00998. The van der Waals surface area contributed by atoms with Crippen LogP contribution in [0.1, 0.15) is 6.92 Å². The van der Waals surface area contributed by atoms with Crippen LogP contribution in [0.4, 0.5) is 11.7 Å². The highest BCUT2D eigenvalue weighted by Gasteiger charge is 2.12. The van der Waals surface area contributed by atoms with E-state index in [0.717, 1.165) is 0 Å². The number of anilines is 1. The largest absolute Gasteiger partial charge is 0.424 e. The third-order valence-electron chi connectivity index (χ3n) is 2.31. The number of oxazole rings is 1. The van der Waals surface area contributed by atoms with Gasteiger partial charge in [-0.25, -0.2) is 0 Å². The molecule has 0 fully saturated rings. The second kappa shape index (κ2) is 4.38. The Balaban J connectivity index is 2.33. The number of benzene rings is 1. The summed E-state index contributed by atoms with van der Waals surface area (Å²) in [6.45, 7) is 2.33. The Morgan fingerprint density at radius 3 is 3.06 bits per heavy atom. The Morgan fingerprint density at radius 2 is 2.41 bits per heavy atom. The molecule has 0 spiro atoms. The first-order valence-electron chi connectivity index (χ1n) is 5.11. The number of rotatable bonds is 4. The summed E-state index contributed by atoms with van der Waals surface area (Å²) in [5.41, 5.74) is 6.40. The molecule has 1 aromatic carbocycles. The number of aromatic nitrogens is 1. The maximum atomic E-state index is 10.6. The van der Waals surface area contributed by atoms with Crippen molar-refractivity contribution in [1.29, 1.82) is 0 Å². The first-order chi connectivity index (χ1) is 8.10. The predicted octanol–water partition coefficient (Wildman–Crippen LogP) is 1.50. The summed E-state index contributed by atoms with van der Waals surface area (Å²) in [7, 11) is 0. The fourth-order valence-electron chi connectivity index (χ4n) is 1.36. The van der Waals surface area contributed by atoms with Crippen molar-refractivity contribution in [1.82, 2.24) is 4.98 Å². The van der Waals surface area contributed by atoms with Gasteiger partial charge in [0.1, 0.15) is 5.52 Å². The number of nitro benzene ring substituents is 1. The molecular formula is C10H12N4O3. The fourth-order valence-corrected chi connectivity index (χ4v) is 1.36. The predicted molar refractivity (Wildman–Crippen MR) is 62.8 cm³/mol. The van der Waals surface area contributed by atoms with Gasteiger partial charge < -0.3 is 15.5 Å². The number of hydrogen-bond acceptors (Lipinski definition) is 6. The normalized spacial score (nSPS) is 12.6. The molecule has 1 heterocycles. The van der Waals surface area contributed by atoms with Crippen LogP contribution in [-0.2, 0) is 0 Å². The monoisotopic (exact) mass is 236 g/mol. The van der Waals surface area contributed by atoms with Crippen LogP contribution >= 0.6 is 0 Å². The van der Waals surface area contributed by atoms with Gasteiger partial charge in [-0.05, 0) is 13.0 Å². The van der Waals surface area contributed by atoms with Crippen molar-refractivity contribution in [3.63, 3.8) is 0 Å². The van der Waals surface area contributed by atoms with Crippen LogP contribution in [0.2, 0.25) is 0 Å². The van der Waals surface area contributed by atoms with Crippen LogP contribution in [0.15, 0.2) is 22.6 Å². The summed E-state index contributed by atoms with van der Waals surface area (Å²) in [6, 6.07) is 4.62. The van der Waals surface area contributed by atoms with E-state index in [1.54, 1.807) is 0 Å². The van der Waals surface area contributed by atoms with Crippen LogP contribution in [-0.4, -0.2) is 22.5 Å². The van der Waals surface area contributed by atoms with Crippen molar-refractivity contribution < 1.29 is 9.34 Å². The van der Waals surface area contributed by atoms with Crippen molar-refractivity contribution >= 4 is 22.8 Å². The van der Waals surface area contributed by atoms with Crippen molar-refractivity contribution in [3.05, 3.63) is 28.3 Å². The number of nitrogens with zero attached hydrogens (tertiary/aromatic N) is 2. The number of nitrogens with one attached hydrogen (secondary N) is 1. The van der Waals surface area contributed by atoms with Gasteiger partial charge in [0.2, 0.25) is 0 Å². The Morgan fingerprint density at radius 1 is 1.65 bits per heavy atom. The van der Waals surface area contributed by atoms with Gasteiger partial charge in [-0.1, -0.05) is 0 Å². The van der Waals surface area contributed by atoms with E-state index < -0.39 is 4.92 Å². The third kappa shape index (κ3) is 2.34. The minimum atomic E-state index is -0.469. The van der Waals surface area contributed by atoms with Gasteiger partial charge in [0.15, 0.2) is 5.58 Å². The summed E-state index contributed by atoms with van der Waals surface area (Å²) in [5.74, 6) is 0. The molecular weight excluding hydrogens is 224 g/mol. The van der Waals surface area contributed by atoms with E-state index in [9.17, 15) is 10.1 Å². The molecule has 7 nitrogen and oxygen atoms in total. The van der Waals surface area contributed by atoms with E-state index in [1.807, 2.05) is 6.92 Å². The number of hydrogen-bond donors (Lipinski definition) is 2. The molecule has 2 aromatic rings. The quantitative estimate of drug-likeness (QED) is 0.615. The first-order valence-corrected chi connectivity index (χ1v) is 5.11. The van der Waals surface area contributed by atoms with Crippen LogP contribution in [0, 0.1) is 10.1 Å². The maximum absolute atomic E-state index is 10.6. The summed E-state index contributed by atoms with van der Waals surface area (Å²) in [5, 5.41) is 13.5. The van der Waals surface area contributed by atoms with Crippen molar-refractivity contribution in [2.45, 2.75) is 13.0 Å². The molecule has 0 aliphatic carbocycles. The van der Waals surface area contributed by atoms with E-state index in [1.165, 1.54) is 18.2 Å². The molecule has 0 bridgehead atoms. The second-order valence-corrected chi connectivity index (χ2v) is 3.71. The zero-order chi connectivity index (χ0) is 12.4. The summed E-state index contributed by atoms with van der Waals surface area (Å²) >= 11 is 0. The number of fused-ring (bicyclic) bond motifs is 1. The lowest BCUT2D eigenvalue weighted by Gasteiger charge is -2.07. The summed E-state index contributed by atoms with van der Waals surface area (Å²) in [6.07, 6.45) is 0. The van der Waals surface area contributed by atoms with Gasteiger partial charge in [0.05, 0.1) is 4.92 Å². The Hall–Kier alpha value is -2.15. The SMILES string of the molecule is CC(CN)Nc1nc2cc([N+](=O)[O-])ccc2o1. The van der Waals surface area contributed by atoms with Crippen LogP contribution in [0.3, 0.4) is 0 Å². The number of nitrogens with two attached hydrogens (primary N) is 1. The van der Waals surface area contributed by atoms with Gasteiger partial charge in [-0.15, -0.1) is 0 Å². The molecule has 1 aromatic heterocycles. The van der Waals surface area contributed by atoms with Gasteiger partial charge in [0.25, 0.3) is 11.7 Å². The lowest BCUT2D eigenvalue weighted by atomic mass is 10.3. The first kappa shape index (κ1) is 11.3. The molecule has 2 rings (SSSR count). The zero-order valence-corrected chi connectivity index (χ0v) is 9.21. The van der Waals surface area contributed by atoms with E-state index in [0.29, 0.717) is 23.7 Å². The smallest absolute Gasteiger partial charge is 0.295 e. The van der Waals surface area contributed by atoms with Crippen LogP contribution in [0.25, 0.3) is 11.1 Å². The van der Waals surface area contributed by atoms with E-state index >= 15 is 0 Å². The fraction of sp³-hybridized carbons (Fsp3) is 0.300.